The molecule has 1 aromatic heterocycles. The van der Waals surface area contributed by atoms with E-state index in [0.717, 1.165) is 16.2 Å². The smallest absolute Gasteiger partial charge is 0.271 e. The molecule has 4 nitrogen and oxygen atoms in total. The number of aromatic nitrogens is 2. The Morgan fingerprint density at radius 1 is 0.970 bits per heavy atom. The van der Waals surface area contributed by atoms with Crippen LogP contribution in [0.2, 0.25) is 5.02 Å². The number of amides is 1. The van der Waals surface area contributed by atoms with Crippen LogP contribution in [-0.2, 0) is 12.3 Å². The molecule has 0 radical (unpaired) electrons. The van der Waals surface area contributed by atoms with Gasteiger partial charge in [0.25, 0.3) is 5.91 Å². The van der Waals surface area contributed by atoms with Crippen LogP contribution >= 0.6 is 35.1 Å². The molecule has 0 saturated heterocycles. The van der Waals surface area contributed by atoms with Gasteiger partial charge in [0, 0.05) is 28.4 Å². The van der Waals surface area contributed by atoms with Crippen molar-refractivity contribution in [1.29, 1.82) is 0 Å². The molecule has 1 heterocycles. The average Bonchev–Trinajstić information content (AvgIpc) is 2.85. The minimum Gasteiger partial charge on any atom is -0.347 e. The maximum Gasteiger partial charge on any atom is 0.271 e. The minimum absolute atomic E-state index is 0.226. The Balaban J connectivity index is 1.56. The standard InChI is InChI=1S/C26H22ClN3OS2/c1-18-7-5-6-10-20(18)17-32-26-29-16-23(33-22-13-11-21(27)12-14-22)24(30-26)25(31)28-15-19-8-3-2-4-9-19/h2-14,16H,15,17H2,1H3,(H,28,31). The van der Waals surface area contributed by atoms with E-state index in [1.807, 2.05) is 66.7 Å². The van der Waals surface area contributed by atoms with Crippen LogP contribution in [0.1, 0.15) is 27.2 Å². The summed E-state index contributed by atoms with van der Waals surface area (Å²) in [7, 11) is 0. The fourth-order valence-corrected chi connectivity index (χ4v) is 4.95. The summed E-state index contributed by atoms with van der Waals surface area (Å²) in [6.07, 6.45) is 1.73. The van der Waals surface area contributed by atoms with Crippen molar-refractivity contribution >= 4 is 41.0 Å². The number of rotatable bonds is 8. The van der Waals surface area contributed by atoms with Crippen molar-refractivity contribution in [2.24, 2.45) is 0 Å². The van der Waals surface area contributed by atoms with Crippen molar-refractivity contribution < 1.29 is 4.79 Å². The average molecular weight is 492 g/mol. The predicted octanol–water partition coefficient (Wildman–Crippen LogP) is 6.81. The van der Waals surface area contributed by atoms with E-state index >= 15 is 0 Å². The van der Waals surface area contributed by atoms with Gasteiger partial charge in [-0.25, -0.2) is 9.97 Å². The number of benzene rings is 3. The summed E-state index contributed by atoms with van der Waals surface area (Å²) >= 11 is 8.98. The summed E-state index contributed by atoms with van der Waals surface area (Å²) in [6.45, 7) is 2.52. The quantitative estimate of drug-likeness (QED) is 0.216. The van der Waals surface area contributed by atoms with E-state index in [1.54, 1.807) is 6.20 Å². The van der Waals surface area contributed by atoms with Crippen molar-refractivity contribution in [2.45, 2.75) is 34.2 Å². The van der Waals surface area contributed by atoms with Gasteiger partial charge in [0.15, 0.2) is 5.16 Å². The third-order valence-corrected chi connectivity index (χ3v) is 7.09. The van der Waals surface area contributed by atoms with Gasteiger partial charge in [0.2, 0.25) is 0 Å². The Kier molecular flexibility index (Phi) is 8.05. The number of halogens is 1. The van der Waals surface area contributed by atoms with Crippen LogP contribution in [0.3, 0.4) is 0 Å². The fraction of sp³-hybridized carbons (Fsp3) is 0.115. The molecule has 0 aliphatic heterocycles. The number of carbonyl (C=O) groups excluding carboxylic acids is 1. The molecule has 0 aliphatic rings. The van der Waals surface area contributed by atoms with E-state index in [2.05, 4.69) is 34.3 Å². The fourth-order valence-electron chi connectivity index (χ4n) is 3.07. The number of carbonyl (C=O) groups is 1. The molecule has 33 heavy (non-hydrogen) atoms. The molecule has 0 spiro atoms. The molecule has 0 fully saturated rings. The maximum absolute atomic E-state index is 13.1. The molecule has 166 valence electrons. The third-order valence-electron chi connectivity index (χ3n) is 4.90. The first-order valence-corrected chi connectivity index (χ1v) is 12.6. The minimum atomic E-state index is -0.226. The molecule has 0 bridgehead atoms. The van der Waals surface area contributed by atoms with Crippen LogP contribution in [0, 0.1) is 6.92 Å². The Morgan fingerprint density at radius 3 is 2.45 bits per heavy atom. The third kappa shape index (κ3) is 6.60. The van der Waals surface area contributed by atoms with Crippen molar-refractivity contribution in [3.05, 3.63) is 112 Å². The van der Waals surface area contributed by atoms with Crippen molar-refractivity contribution in [1.82, 2.24) is 15.3 Å². The highest BCUT2D eigenvalue weighted by atomic mass is 35.5. The van der Waals surface area contributed by atoms with Gasteiger partial charge in [0.05, 0.1) is 4.90 Å². The van der Waals surface area contributed by atoms with Crippen LogP contribution in [-0.4, -0.2) is 15.9 Å². The van der Waals surface area contributed by atoms with Gasteiger partial charge in [-0.3, -0.25) is 4.79 Å². The molecule has 4 aromatic rings. The second-order valence-electron chi connectivity index (χ2n) is 7.30. The van der Waals surface area contributed by atoms with Gasteiger partial charge in [0.1, 0.15) is 5.69 Å². The Morgan fingerprint density at radius 2 is 1.70 bits per heavy atom. The molecule has 4 rings (SSSR count). The van der Waals surface area contributed by atoms with Crippen LogP contribution in [0.25, 0.3) is 0 Å². The van der Waals surface area contributed by atoms with Crippen molar-refractivity contribution in [2.75, 3.05) is 0 Å². The van der Waals surface area contributed by atoms with Gasteiger partial charge in [-0.1, -0.05) is 89.7 Å². The Labute approximate surface area is 207 Å². The van der Waals surface area contributed by atoms with Gasteiger partial charge in [-0.05, 0) is 47.9 Å². The lowest BCUT2D eigenvalue weighted by atomic mass is 10.1. The van der Waals surface area contributed by atoms with E-state index in [-0.39, 0.29) is 5.91 Å². The molecule has 0 aliphatic carbocycles. The van der Waals surface area contributed by atoms with E-state index < -0.39 is 0 Å². The van der Waals surface area contributed by atoms with Crippen LogP contribution in [0.5, 0.6) is 0 Å². The number of hydrogen-bond acceptors (Lipinski definition) is 5. The first-order chi connectivity index (χ1) is 16.1. The molecule has 3 aromatic carbocycles. The summed E-state index contributed by atoms with van der Waals surface area (Å²) in [5, 5.41) is 4.23. The van der Waals surface area contributed by atoms with E-state index in [1.165, 1.54) is 34.7 Å². The monoisotopic (exact) mass is 491 g/mol. The topological polar surface area (TPSA) is 54.9 Å². The maximum atomic E-state index is 13.1. The number of hydrogen-bond donors (Lipinski definition) is 1. The lowest BCUT2D eigenvalue weighted by Crippen LogP contribution is -2.25. The molecule has 0 saturated carbocycles. The number of nitrogens with one attached hydrogen (secondary N) is 1. The molecule has 1 N–H and O–H groups in total. The highest BCUT2D eigenvalue weighted by Crippen LogP contribution is 2.32. The zero-order valence-corrected chi connectivity index (χ0v) is 20.4. The lowest BCUT2D eigenvalue weighted by molar-refractivity contribution is 0.0941. The Hall–Kier alpha value is -2.80. The molecule has 7 heteroatoms. The summed E-state index contributed by atoms with van der Waals surface area (Å²) < 4.78 is 0. The zero-order valence-electron chi connectivity index (χ0n) is 18.0. The predicted molar refractivity (Wildman–Crippen MR) is 136 cm³/mol. The van der Waals surface area contributed by atoms with Crippen molar-refractivity contribution in [3.63, 3.8) is 0 Å². The highest BCUT2D eigenvalue weighted by molar-refractivity contribution is 7.99. The van der Waals surface area contributed by atoms with E-state index in [0.29, 0.717) is 27.3 Å². The first kappa shape index (κ1) is 23.4. The van der Waals surface area contributed by atoms with Crippen molar-refractivity contribution in [3.8, 4) is 0 Å². The first-order valence-electron chi connectivity index (χ1n) is 10.4. The highest BCUT2D eigenvalue weighted by Gasteiger charge is 2.17. The lowest BCUT2D eigenvalue weighted by Gasteiger charge is -2.11. The van der Waals surface area contributed by atoms with Crippen LogP contribution in [0.4, 0.5) is 0 Å². The SMILES string of the molecule is Cc1ccccc1CSc1ncc(Sc2ccc(Cl)cc2)c(C(=O)NCc2ccccc2)n1. The molecule has 0 atom stereocenters. The molecular weight excluding hydrogens is 470 g/mol. The second-order valence-corrected chi connectivity index (χ2v) is 9.80. The van der Waals surface area contributed by atoms with Crippen LogP contribution < -0.4 is 5.32 Å². The summed E-state index contributed by atoms with van der Waals surface area (Å²) in [6, 6.07) is 25.5. The number of thioether (sulfide) groups is 1. The largest absolute Gasteiger partial charge is 0.347 e. The van der Waals surface area contributed by atoms with Gasteiger partial charge < -0.3 is 5.32 Å². The number of aryl methyl sites for hydroxylation is 1. The van der Waals surface area contributed by atoms with Gasteiger partial charge in [-0.2, -0.15) is 0 Å². The number of nitrogens with zero attached hydrogens (tertiary/aromatic N) is 2. The molecule has 1 amide bonds. The van der Waals surface area contributed by atoms with E-state index in [9.17, 15) is 4.79 Å². The second kappa shape index (κ2) is 11.4. The zero-order chi connectivity index (χ0) is 23.0. The van der Waals surface area contributed by atoms with Gasteiger partial charge in [-0.15, -0.1) is 0 Å². The van der Waals surface area contributed by atoms with E-state index in [4.69, 9.17) is 11.6 Å². The molecule has 0 unspecified atom stereocenters. The summed E-state index contributed by atoms with van der Waals surface area (Å²) in [4.78, 5) is 23.9. The van der Waals surface area contributed by atoms with Crippen LogP contribution in [0.15, 0.2) is 100 Å². The normalized spacial score (nSPS) is 10.7. The summed E-state index contributed by atoms with van der Waals surface area (Å²) in [5.74, 6) is 0.511. The summed E-state index contributed by atoms with van der Waals surface area (Å²) in [5.41, 5.74) is 3.84. The molecular formula is C26H22ClN3OS2. The Bertz CT molecular complexity index is 1230. The van der Waals surface area contributed by atoms with Gasteiger partial charge >= 0.3 is 0 Å².